The normalized spacial score (nSPS) is 21.9. The lowest BCUT2D eigenvalue weighted by molar-refractivity contribution is -0.146. The second-order valence-corrected chi connectivity index (χ2v) is 5.69. The number of fused-ring (bicyclic) bond motifs is 1. The molecule has 0 aliphatic carbocycles. The van der Waals surface area contributed by atoms with Crippen LogP contribution in [0.4, 0.5) is 0 Å². The van der Waals surface area contributed by atoms with Gasteiger partial charge in [0.2, 0.25) is 5.91 Å². The third-order valence-electron chi connectivity index (χ3n) is 3.27. The highest BCUT2D eigenvalue weighted by Crippen LogP contribution is 2.40. The number of aromatic nitrogens is 1. The molecule has 1 aromatic rings. The van der Waals surface area contributed by atoms with Crippen LogP contribution in [0.1, 0.15) is 12.0 Å². The molecule has 3 rings (SSSR count). The summed E-state index contributed by atoms with van der Waals surface area (Å²) >= 11 is 1.60. The zero-order valence-corrected chi connectivity index (χ0v) is 11.3. The Balaban J connectivity index is 1.93. The second-order valence-electron chi connectivity index (χ2n) is 4.53. The number of thioether (sulfide) groups is 1. The van der Waals surface area contributed by atoms with E-state index in [0.717, 1.165) is 5.56 Å². The minimum Gasteiger partial charge on any atom is -0.477 e. The summed E-state index contributed by atoms with van der Waals surface area (Å²) in [5, 5.41) is 9.33. The zero-order chi connectivity index (χ0) is 14.1. The van der Waals surface area contributed by atoms with E-state index in [-0.39, 0.29) is 17.0 Å². The molecular formula is C14H12N2O3S. The first-order valence-electron chi connectivity index (χ1n) is 6.15. The number of carbonyl (C=O) groups is 2. The van der Waals surface area contributed by atoms with Crippen LogP contribution in [0.2, 0.25) is 0 Å². The lowest BCUT2D eigenvalue weighted by atomic mass is 10.1. The van der Waals surface area contributed by atoms with Crippen LogP contribution >= 0.6 is 11.8 Å². The molecule has 1 aromatic heterocycles. The van der Waals surface area contributed by atoms with Gasteiger partial charge in [0, 0.05) is 18.1 Å². The number of pyridine rings is 1. The van der Waals surface area contributed by atoms with Crippen molar-refractivity contribution in [3.63, 3.8) is 0 Å². The summed E-state index contributed by atoms with van der Waals surface area (Å²) in [5.41, 5.74) is 1.73. The van der Waals surface area contributed by atoms with Gasteiger partial charge < -0.3 is 5.11 Å². The van der Waals surface area contributed by atoms with Crippen LogP contribution in [0.15, 0.2) is 41.9 Å². The van der Waals surface area contributed by atoms with E-state index in [0.29, 0.717) is 17.7 Å². The lowest BCUT2D eigenvalue weighted by Crippen LogP contribution is -2.53. The molecule has 1 N–H and O–H groups in total. The molecule has 1 atom stereocenters. The van der Waals surface area contributed by atoms with Crippen molar-refractivity contribution in [2.45, 2.75) is 11.8 Å². The number of allylic oxidation sites excluding steroid dienone is 1. The molecule has 1 fully saturated rings. The Bertz CT molecular complexity index is 625. The van der Waals surface area contributed by atoms with Gasteiger partial charge in [0.15, 0.2) is 0 Å². The van der Waals surface area contributed by atoms with Crippen LogP contribution in [0, 0.1) is 0 Å². The van der Waals surface area contributed by atoms with Crippen molar-refractivity contribution < 1.29 is 14.7 Å². The van der Waals surface area contributed by atoms with Crippen molar-refractivity contribution in [2.24, 2.45) is 0 Å². The highest BCUT2D eigenvalue weighted by atomic mass is 32.2. The van der Waals surface area contributed by atoms with Crippen LogP contribution in [0.5, 0.6) is 0 Å². The van der Waals surface area contributed by atoms with Crippen molar-refractivity contribution in [2.75, 3.05) is 5.75 Å². The lowest BCUT2D eigenvalue weighted by Gasteiger charge is -2.43. The van der Waals surface area contributed by atoms with Crippen molar-refractivity contribution in [3.05, 3.63) is 47.4 Å². The molecule has 0 bridgehead atoms. The summed E-state index contributed by atoms with van der Waals surface area (Å²) in [6, 6.07) is 3.68. The monoisotopic (exact) mass is 288 g/mol. The first kappa shape index (κ1) is 12.9. The smallest absolute Gasteiger partial charge is 0.352 e. The highest BCUT2D eigenvalue weighted by Gasteiger charge is 2.44. The average molecular weight is 288 g/mol. The van der Waals surface area contributed by atoms with Crippen molar-refractivity contribution in [1.29, 1.82) is 0 Å². The Morgan fingerprint density at radius 1 is 1.40 bits per heavy atom. The SMILES string of the molecule is O=C(O)C1=C(/C=C/c2ccncc2)CS[C@@H]2CC(=O)N12. The molecule has 0 radical (unpaired) electrons. The summed E-state index contributed by atoms with van der Waals surface area (Å²) in [7, 11) is 0. The van der Waals surface area contributed by atoms with Crippen molar-refractivity contribution in [1.82, 2.24) is 9.88 Å². The number of hydrogen-bond donors (Lipinski definition) is 1. The van der Waals surface area contributed by atoms with Gasteiger partial charge in [0.1, 0.15) is 5.70 Å². The van der Waals surface area contributed by atoms with Crippen LogP contribution in [-0.2, 0) is 9.59 Å². The Labute approximate surface area is 120 Å². The number of β-lactam (4-membered cyclic amide) rings is 1. The molecule has 3 heterocycles. The molecule has 0 saturated carbocycles. The van der Waals surface area contributed by atoms with Gasteiger partial charge >= 0.3 is 5.97 Å². The van der Waals surface area contributed by atoms with E-state index < -0.39 is 5.97 Å². The third kappa shape index (κ3) is 2.22. The predicted octanol–water partition coefficient (Wildman–Crippen LogP) is 1.74. The van der Waals surface area contributed by atoms with Crippen LogP contribution in [0.25, 0.3) is 6.08 Å². The van der Waals surface area contributed by atoms with E-state index in [1.807, 2.05) is 18.2 Å². The number of nitrogens with zero attached hydrogens (tertiary/aromatic N) is 2. The van der Waals surface area contributed by atoms with E-state index >= 15 is 0 Å². The molecule has 2 aliphatic heterocycles. The second kappa shape index (κ2) is 5.13. The van der Waals surface area contributed by atoms with Crippen molar-refractivity contribution in [3.8, 4) is 0 Å². The van der Waals surface area contributed by atoms with Gasteiger partial charge in [-0.3, -0.25) is 14.7 Å². The highest BCUT2D eigenvalue weighted by molar-refractivity contribution is 8.00. The standard InChI is InChI=1S/C14H12N2O3S/c17-11-7-12-16(11)13(14(18)19)10(8-20-12)2-1-9-3-5-15-6-4-9/h1-6,12H,7-8H2,(H,18,19)/b2-1+/t12-/m1/s1. The molecule has 6 heteroatoms. The Kier molecular flexibility index (Phi) is 3.31. The zero-order valence-electron chi connectivity index (χ0n) is 10.5. The number of aliphatic carboxylic acids is 1. The summed E-state index contributed by atoms with van der Waals surface area (Å²) < 4.78 is 0. The van der Waals surface area contributed by atoms with E-state index in [4.69, 9.17) is 0 Å². The first-order chi connectivity index (χ1) is 9.66. The van der Waals surface area contributed by atoms with E-state index in [1.165, 1.54) is 4.90 Å². The summed E-state index contributed by atoms with van der Waals surface area (Å²) in [4.78, 5) is 28.3. The van der Waals surface area contributed by atoms with E-state index in [2.05, 4.69) is 4.98 Å². The summed E-state index contributed by atoms with van der Waals surface area (Å²) in [6.45, 7) is 0. The molecule has 0 spiro atoms. The van der Waals surface area contributed by atoms with E-state index in [1.54, 1.807) is 30.2 Å². The van der Waals surface area contributed by atoms with Gasteiger partial charge in [-0.15, -0.1) is 11.8 Å². The summed E-state index contributed by atoms with van der Waals surface area (Å²) in [6.07, 6.45) is 7.40. The van der Waals surface area contributed by atoms with E-state index in [9.17, 15) is 14.7 Å². The van der Waals surface area contributed by atoms with Gasteiger partial charge in [-0.25, -0.2) is 4.79 Å². The van der Waals surface area contributed by atoms with Crippen LogP contribution < -0.4 is 0 Å². The van der Waals surface area contributed by atoms with Gasteiger partial charge in [-0.05, 0) is 23.3 Å². The Morgan fingerprint density at radius 3 is 2.80 bits per heavy atom. The maximum absolute atomic E-state index is 11.6. The number of carboxylic acids is 1. The summed E-state index contributed by atoms with van der Waals surface area (Å²) in [5.74, 6) is -0.551. The number of rotatable bonds is 3. The minimum absolute atomic E-state index is 0.00771. The fraction of sp³-hybridized carbons (Fsp3) is 0.214. The quantitative estimate of drug-likeness (QED) is 0.858. The number of carboxylic acid groups (broad SMARTS) is 1. The molecule has 5 nitrogen and oxygen atoms in total. The maximum Gasteiger partial charge on any atom is 0.352 e. The van der Waals surface area contributed by atoms with Crippen molar-refractivity contribution >= 4 is 29.7 Å². The Morgan fingerprint density at radius 2 is 2.15 bits per heavy atom. The van der Waals surface area contributed by atoms with Crippen LogP contribution in [0.3, 0.4) is 0 Å². The van der Waals surface area contributed by atoms with Gasteiger partial charge in [-0.2, -0.15) is 0 Å². The molecule has 2 aliphatic rings. The third-order valence-corrected chi connectivity index (χ3v) is 4.51. The van der Waals surface area contributed by atoms with Crippen LogP contribution in [-0.4, -0.2) is 38.0 Å². The fourth-order valence-corrected chi connectivity index (χ4v) is 3.47. The van der Waals surface area contributed by atoms with Gasteiger partial charge in [-0.1, -0.05) is 12.2 Å². The molecular weight excluding hydrogens is 276 g/mol. The molecule has 1 saturated heterocycles. The number of carbonyl (C=O) groups excluding carboxylic acids is 1. The maximum atomic E-state index is 11.6. The molecule has 102 valence electrons. The van der Waals surface area contributed by atoms with Gasteiger partial charge in [0.25, 0.3) is 0 Å². The average Bonchev–Trinajstić information content (AvgIpc) is 2.45. The minimum atomic E-state index is -1.04. The first-order valence-corrected chi connectivity index (χ1v) is 7.20. The molecule has 1 amide bonds. The van der Waals surface area contributed by atoms with Gasteiger partial charge in [0.05, 0.1) is 11.8 Å². The predicted molar refractivity (Wildman–Crippen MR) is 75.6 cm³/mol. The molecule has 0 aromatic carbocycles. The Hall–Kier alpha value is -2.08. The largest absolute Gasteiger partial charge is 0.477 e. The molecule has 0 unspecified atom stereocenters. The molecule has 20 heavy (non-hydrogen) atoms. The number of hydrogen-bond acceptors (Lipinski definition) is 4. The number of amides is 1. The topological polar surface area (TPSA) is 70.5 Å². The fourth-order valence-electron chi connectivity index (χ4n) is 2.24.